The van der Waals surface area contributed by atoms with E-state index in [-0.39, 0.29) is 42.8 Å². The van der Waals surface area contributed by atoms with Gasteiger partial charge >= 0.3 is 6.14 Å². The summed E-state index contributed by atoms with van der Waals surface area (Å²) in [5.41, 5.74) is 2.62. The molecule has 0 saturated heterocycles. The Kier molecular flexibility index (Phi) is 9.43. The van der Waals surface area contributed by atoms with E-state index in [0.717, 1.165) is 36.8 Å². The van der Waals surface area contributed by atoms with Crippen LogP contribution in [0.25, 0.3) is 11.1 Å². The van der Waals surface area contributed by atoms with Crippen LogP contribution in [0.2, 0.25) is 0 Å². The minimum Gasteiger partial charge on any atom is -0.381 e. The zero-order chi connectivity index (χ0) is 29.3. The monoisotopic (exact) mass is 574 g/mol. The SMILES string of the molecule is COC1CCC(C(=O)Nc2cc(-c3cc(C#CCOCc4noc(F)n4)nc(Nc4ccc(F)cc4)c3)ccn2)CC1. The fourth-order valence-corrected chi connectivity index (χ4v) is 4.59. The van der Waals surface area contributed by atoms with Crippen molar-refractivity contribution >= 4 is 23.2 Å². The maximum atomic E-state index is 13.4. The maximum absolute atomic E-state index is 13.4. The first-order chi connectivity index (χ1) is 20.4. The van der Waals surface area contributed by atoms with Crippen LogP contribution in [-0.4, -0.2) is 45.8 Å². The van der Waals surface area contributed by atoms with Crippen LogP contribution in [-0.2, 0) is 20.9 Å². The number of benzene rings is 1. The summed E-state index contributed by atoms with van der Waals surface area (Å²) >= 11 is 0. The van der Waals surface area contributed by atoms with Crippen LogP contribution in [0, 0.1) is 29.7 Å². The largest absolute Gasteiger partial charge is 0.405 e. The van der Waals surface area contributed by atoms with E-state index >= 15 is 0 Å². The summed E-state index contributed by atoms with van der Waals surface area (Å²) in [6, 6.07) is 13.1. The van der Waals surface area contributed by atoms with Gasteiger partial charge in [-0.1, -0.05) is 11.1 Å². The summed E-state index contributed by atoms with van der Waals surface area (Å²) in [6.45, 7) is -0.0488. The molecule has 0 unspecified atom stereocenters. The van der Waals surface area contributed by atoms with Crippen molar-refractivity contribution in [3.8, 4) is 23.0 Å². The smallest absolute Gasteiger partial charge is 0.381 e. The predicted molar refractivity (Wildman–Crippen MR) is 149 cm³/mol. The van der Waals surface area contributed by atoms with Gasteiger partial charge in [0.1, 0.15) is 36.4 Å². The van der Waals surface area contributed by atoms with Gasteiger partial charge in [-0.2, -0.15) is 4.98 Å². The highest BCUT2D eigenvalue weighted by molar-refractivity contribution is 5.92. The number of nitrogens with one attached hydrogen (secondary N) is 2. The molecule has 0 aliphatic heterocycles. The lowest BCUT2D eigenvalue weighted by Crippen LogP contribution is -2.29. The van der Waals surface area contributed by atoms with Gasteiger partial charge in [0.2, 0.25) is 5.91 Å². The molecule has 216 valence electrons. The van der Waals surface area contributed by atoms with Crippen LogP contribution < -0.4 is 10.6 Å². The first kappa shape index (κ1) is 28.8. The van der Waals surface area contributed by atoms with Gasteiger partial charge in [-0.05, 0) is 91.3 Å². The van der Waals surface area contributed by atoms with Crippen LogP contribution in [0.1, 0.15) is 37.2 Å². The standard InChI is InChI=1S/C30H28F2N6O4/c1-40-25-10-4-19(5-11-25)29(39)36-26-16-20(12-13-33-26)21-15-24(3-2-14-41-18-28-37-30(32)42-38-28)35-27(17-21)34-23-8-6-22(31)7-9-23/h6-9,12-13,15-17,19,25H,4-5,10-11,14,18H2,1H3,(H,34,35)(H,33,36,39). The molecule has 10 nitrogen and oxygen atoms in total. The average Bonchev–Trinajstić information content (AvgIpc) is 3.43. The number of halogens is 2. The second-order valence-electron chi connectivity index (χ2n) is 9.64. The molecule has 0 radical (unpaired) electrons. The third-order valence-corrected chi connectivity index (χ3v) is 6.73. The van der Waals surface area contributed by atoms with Gasteiger partial charge < -0.3 is 24.6 Å². The molecule has 1 fully saturated rings. The molecule has 4 aromatic rings. The quantitative estimate of drug-likeness (QED) is 0.203. The van der Waals surface area contributed by atoms with Crippen LogP contribution in [0.15, 0.2) is 59.3 Å². The van der Waals surface area contributed by atoms with E-state index in [1.807, 2.05) is 12.1 Å². The van der Waals surface area contributed by atoms with Crippen molar-refractivity contribution in [2.24, 2.45) is 5.92 Å². The zero-order valence-corrected chi connectivity index (χ0v) is 22.8. The highest BCUT2D eigenvalue weighted by atomic mass is 19.1. The average molecular weight is 575 g/mol. The molecule has 0 spiro atoms. The van der Waals surface area contributed by atoms with E-state index in [2.05, 4.69) is 47.1 Å². The van der Waals surface area contributed by atoms with Gasteiger partial charge in [0, 0.05) is 24.9 Å². The van der Waals surface area contributed by atoms with Crippen LogP contribution >= 0.6 is 0 Å². The Balaban J connectivity index is 1.33. The van der Waals surface area contributed by atoms with Crippen LogP contribution in [0.4, 0.5) is 26.1 Å². The van der Waals surface area contributed by atoms with Crippen molar-refractivity contribution in [3.05, 3.63) is 78.2 Å². The molecular weight excluding hydrogens is 546 g/mol. The van der Waals surface area contributed by atoms with E-state index < -0.39 is 6.14 Å². The molecule has 1 aliphatic carbocycles. The number of pyridine rings is 2. The lowest BCUT2D eigenvalue weighted by atomic mass is 9.87. The molecule has 3 heterocycles. The number of aromatic nitrogens is 4. The Morgan fingerprint density at radius 3 is 2.55 bits per heavy atom. The molecule has 5 rings (SSSR count). The minimum atomic E-state index is -1.03. The molecule has 3 aromatic heterocycles. The topological polar surface area (TPSA) is 124 Å². The summed E-state index contributed by atoms with van der Waals surface area (Å²) in [5.74, 6) is 6.32. The van der Waals surface area contributed by atoms with E-state index in [0.29, 0.717) is 23.0 Å². The molecule has 2 N–H and O–H groups in total. The molecule has 12 heteroatoms. The normalized spacial score (nSPS) is 16.4. The summed E-state index contributed by atoms with van der Waals surface area (Å²) in [6.07, 6.45) is 4.05. The van der Waals surface area contributed by atoms with E-state index in [9.17, 15) is 13.6 Å². The van der Waals surface area contributed by atoms with Crippen LogP contribution in [0.3, 0.4) is 0 Å². The Morgan fingerprint density at radius 2 is 1.81 bits per heavy atom. The first-order valence-corrected chi connectivity index (χ1v) is 13.3. The number of methoxy groups -OCH3 is 1. The van der Waals surface area contributed by atoms with Gasteiger partial charge in [-0.25, -0.2) is 14.4 Å². The van der Waals surface area contributed by atoms with Gasteiger partial charge in [-0.3, -0.25) is 4.79 Å². The fraction of sp³-hybridized carbons (Fsp3) is 0.300. The van der Waals surface area contributed by atoms with E-state index in [4.69, 9.17) is 9.47 Å². The number of nitrogens with zero attached hydrogens (tertiary/aromatic N) is 4. The first-order valence-electron chi connectivity index (χ1n) is 13.3. The molecular formula is C30H28F2N6O4. The molecule has 1 aromatic carbocycles. The lowest BCUT2D eigenvalue weighted by molar-refractivity contribution is -0.121. The number of amides is 1. The molecule has 0 bridgehead atoms. The second-order valence-corrected chi connectivity index (χ2v) is 9.64. The maximum Gasteiger partial charge on any atom is 0.405 e. The van der Waals surface area contributed by atoms with Gasteiger partial charge in [0.25, 0.3) is 0 Å². The summed E-state index contributed by atoms with van der Waals surface area (Å²) in [5, 5.41) is 9.54. The highest BCUT2D eigenvalue weighted by Gasteiger charge is 2.26. The number of rotatable bonds is 9. The lowest BCUT2D eigenvalue weighted by Gasteiger charge is -2.26. The minimum absolute atomic E-state index is 0.0144. The third-order valence-electron chi connectivity index (χ3n) is 6.73. The molecule has 0 atom stereocenters. The highest BCUT2D eigenvalue weighted by Crippen LogP contribution is 2.29. The van der Waals surface area contributed by atoms with Gasteiger partial charge in [-0.15, -0.1) is 4.39 Å². The number of ether oxygens (including phenoxy) is 2. The molecule has 1 aliphatic rings. The van der Waals surface area contributed by atoms with Gasteiger partial charge in [0.05, 0.1) is 6.10 Å². The van der Waals surface area contributed by atoms with Crippen molar-refractivity contribution < 1.29 is 27.6 Å². The Hall–Kier alpha value is -4.73. The third kappa shape index (κ3) is 7.93. The van der Waals surface area contributed by atoms with Crippen LogP contribution in [0.5, 0.6) is 0 Å². The van der Waals surface area contributed by atoms with E-state index in [1.165, 1.54) is 12.1 Å². The van der Waals surface area contributed by atoms with Crippen molar-refractivity contribution in [1.82, 2.24) is 20.1 Å². The summed E-state index contributed by atoms with van der Waals surface area (Å²) in [4.78, 5) is 25.2. The fourth-order valence-electron chi connectivity index (χ4n) is 4.59. The number of hydrogen-bond donors (Lipinski definition) is 2. The van der Waals surface area contributed by atoms with Crippen molar-refractivity contribution in [2.45, 2.75) is 38.4 Å². The zero-order valence-electron chi connectivity index (χ0n) is 22.8. The molecule has 42 heavy (non-hydrogen) atoms. The molecule has 1 saturated carbocycles. The predicted octanol–water partition coefficient (Wildman–Crippen LogP) is 5.26. The van der Waals surface area contributed by atoms with Crippen molar-refractivity contribution in [1.29, 1.82) is 0 Å². The number of carbonyl (C=O) groups is 1. The number of anilines is 3. The molecule has 1 amide bonds. The number of hydrogen-bond acceptors (Lipinski definition) is 9. The number of carbonyl (C=O) groups excluding carboxylic acids is 1. The summed E-state index contributed by atoms with van der Waals surface area (Å²) in [7, 11) is 1.70. The Morgan fingerprint density at radius 1 is 1.02 bits per heavy atom. The van der Waals surface area contributed by atoms with E-state index in [1.54, 1.807) is 37.6 Å². The Bertz CT molecular complexity index is 1580. The van der Waals surface area contributed by atoms with Crippen molar-refractivity contribution in [2.75, 3.05) is 24.4 Å². The Labute approximate surface area is 240 Å². The second kappa shape index (κ2) is 13.8. The summed E-state index contributed by atoms with van der Waals surface area (Å²) < 4.78 is 41.3. The van der Waals surface area contributed by atoms with Gasteiger partial charge in [0.15, 0.2) is 5.82 Å². The van der Waals surface area contributed by atoms with Crippen molar-refractivity contribution in [3.63, 3.8) is 0 Å².